The van der Waals surface area contributed by atoms with Crippen molar-refractivity contribution >= 4 is 11.6 Å². The van der Waals surface area contributed by atoms with E-state index in [4.69, 9.17) is 16.3 Å². The molecule has 18 heavy (non-hydrogen) atoms. The Morgan fingerprint density at radius 2 is 2.00 bits per heavy atom. The molecule has 0 amide bonds. The topological polar surface area (TPSA) is 42.4 Å². The van der Waals surface area contributed by atoms with Crippen LogP contribution in [0.5, 0.6) is 0 Å². The van der Waals surface area contributed by atoms with Gasteiger partial charge < -0.3 is 9.84 Å². The number of aliphatic hydroxyl groups is 1. The van der Waals surface area contributed by atoms with E-state index in [2.05, 4.69) is 4.98 Å². The Morgan fingerprint density at radius 3 is 2.44 bits per heavy atom. The number of alkyl halides is 3. The summed E-state index contributed by atoms with van der Waals surface area (Å²) in [6, 6.07) is 1.88. The van der Waals surface area contributed by atoms with Crippen LogP contribution in [-0.2, 0) is 10.9 Å². The van der Waals surface area contributed by atoms with Crippen LogP contribution in [-0.4, -0.2) is 22.8 Å². The van der Waals surface area contributed by atoms with Crippen LogP contribution >= 0.6 is 11.6 Å². The summed E-state index contributed by atoms with van der Waals surface area (Å²) in [5.74, 6) is 0. The molecule has 0 fully saturated rings. The minimum Gasteiger partial charge on any atom is -0.386 e. The maximum Gasteiger partial charge on any atom is 0.433 e. The molecule has 0 radical (unpaired) electrons. The summed E-state index contributed by atoms with van der Waals surface area (Å²) in [6.45, 7) is 3.50. The molecule has 0 spiro atoms. The van der Waals surface area contributed by atoms with Gasteiger partial charge in [0.1, 0.15) is 17.0 Å². The molecule has 1 N–H and O–H groups in total. The molecule has 1 unspecified atom stereocenters. The van der Waals surface area contributed by atoms with E-state index in [1.807, 2.05) is 0 Å². The number of aliphatic hydroxyl groups excluding tert-OH is 1. The van der Waals surface area contributed by atoms with Crippen LogP contribution in [0.2, 0.25) is 5.15 Å². The Bertz CT molecular complexity index is 410. The fourth-order valence-corrected chi connectivity index (χ4v) is 1.50. The zero-order valence-electron chi connectivity index (χ0n) is 9.83. The summed E-state index contributed by atoms with van der Waals surface area (Å²) < 4.78 is 42.2. The lowest BCUT2D eigenvalue weighted by molar-refractivity contribution is -0.141. The highest BCUT2D eigenvalue weighted by Gasteiger charge is 2.33. The summed E-state index contributed by atoms with van der Waals surface area (Å²) in [4.78, 5) is 3.22. The third-order valence-electron chi connectivity index (χ3n) is 2.11. The van der Waals surface area contributed by atoms with Crippen LogP contribution in [0.1, 0.15) is 31.2 Å². The molecule has 0 aliphatic heterocycles. The highest BCUT2D eigenvalue weighted by molar-refractivity contribution is 6.30. The third kappa shape index (κ3) is 4.12. The van der Waals surface area contributed by atoms with Crippen molar-refractivity contribution in [3.8, 4) is 0 Å². The smallest absolute Gasteiger partial charge is 0.386 e. The Morgan fingerprint density at radius 1 is 1.39 bits per heavy atom. The van der Waals surface area contributed by atoms with Gasteiger partial charge in [0, 0.05) is 5.56 Å². The molecule has 0 saturated heterocycles. The zero-order chi connectivity index (χ0) is 13.9. The molecule has 1 aromatic heterocycles. The van der Waals surface area contributed by atoms with Gasteiger partial charge in [0.2, 0.25) is 0 Å². The third-order valence-corrected chi connectivity index (χ3v) is 2.42. The van der Waals surface area contributed by atoms with Crippen LogP contribution < -0.4 is 0 Å². The monoisotopic (exact) mass is 283 g/mol. The minimum absolute atomic E-state index is 0.0512. The maximum atomic E-state index is 12.3. The van der Waals surface area contributed by atoms with E-state index in [1.165, 1.54) is 0 Å². The Kier molecular flexibility index (Phi) is 4.95. The number of ether oxygens (including phenoxy) is 1. The van der Waals surface area contributed by atoms with Crippen molar-refractivity contribution in [1.29, 1.82) is 0 Å². The van der Waals surface area contributed by atoms with Gasteiger partial charge in [-0.3, -0.25) is 0 Å². The van der Waals surface area contributed by atoms with Gasteiger partial charge in [-0.2, -0.15) is 13.2 Å². The predicted octanol–water partition coefficient (Wildman–Crippen LogP) is 3.21. The molecule has 0 aromatic carbocycles. The van der Waals surface area contributed by atoms with Crippen molar-refractivity contribution in [2.24, 2.45) is 0 Å². The molecule has 0 aliphatic carbocycles. The van der Waals surface area contributed by atoms with Gasteiger partial charge >= 0.3 is 6.18 Å². The Balaban J connectivity index is 2.85. The minimum atomic E-state index is -4.55. The largest absolute Gasteiger partial charge is 0.433 e. The standard InChI is InChI=1S/C11H13ClF3NO2/c1-6(2)18-5-8(17)7-3-4-9(11(13,14)15)16-10(7)12/h3-4,6,8,17H,5H2,1-2H3. The molecular weight excluding hydrogens is 271 g/mol. The number of pyridine rings is 1. The number of rotatable bonds is 4. The summed E-state index contributed by atoms with van der Waals surface area (Å²) in [5.41, 5.74) is -0.974. The second kappa shape index (κ2) is 5.86. The first-order valence-electron chi connectivity index (χ1n) is 5.25. The van der Waals surface area contributed by atoms with E-state index in [1.54, 1.807) is 13.8 Å². The number of hydrogen-bond acceptors (Lipinski definition) is 3. The van der Waals surface area contributed by atoms with Gasteiger partial charge in [0.15, 0.2) is 0 Å². The normalized spacial score (nSPS) is 14.0. The molecule has 7 heteroatoms. The lowest BCUT2D eigenvalue weighted by Crippen LogP contribution is -2.14. The molecule has 0 bridgehead atoms. The average molecular weight is 284 g/mol. The van der Waals surface area contributed by atoms with Gasteiger partial charge in [-0.25, -0.2) is 4.98 Å². The first kappa shape index (κ1) is 15.2. The summed E-state index contributed by atoms with van der Waals surface area (Å²) >= 11 is 5.62. The van der Waals surface area contributed by atoms with Gasteiger partial charge in [0.25, 0.3) is 0 Å². The van der Waals surface area contributed by atoms with Crippen LogP contribution in [0.3, 0.4) is 0 Å². The van der Waals surface area contributed by atoms with E-state index in [0.29, 0.717) is 0 Å². The average Bonchev–Trinajstić information content (AvgIpc) is 2.24. The molecule has 1 aromatic rings. The van der Waals surface area contributed by atoms with Crippen LogP contribution in [0.25, 0.3) is 0 Å². The predicted molar refractivity (Wildman–Crippen MR) is 60.3 cm³/mol. The number of halogens is 4. The SMILES string of the molecule is CC(C)OCC(O)c1ccc(C(F)(F)F)nc1Cl. The fraction of sp³-hybridized carbons (Fsp3) is 0.545. The van der Waals surface area contributed by atoms with Crippen LogP contribution in [0, 0.1) is 0 Å². The van der Waals surface area contributed by atoms with Gasteiger partial charge in [-0.15, -0.1) is 0 Å². The van der Waals surface area contributed by atoms with E-state index >= 15 is 0 Å². The number of hydrogen-bond donors (Lipinski definition) is 1. The van der Waals surface area contributed by atoms with E-state index in [-0.39, 0.29) is 23.4 Å². The molecular formula is C11H13ClF3NO2. The number of aromatic nitrogens is 1. The Labute approximate surface area is 108 Å². The van der Waals surface area contributed by atoms with Gasteiger partial charge in [0.05, 0.1) is 12.7 Å². The van der Waals surface area contributed by atoms with Crippen molar-refractivity contribution in [1.82, 2.24) is 4.98 Å². The van der Waals surface area contributed by atoms with Crippen molar-refractivity contribution in [2.75, 3.05) is 6.61 Å². The van der Waals surface area contributed by atoms with Crippen LogP contribution in [0.4, 0.5) is 13.2 Å². The molecule has 3 nitrogen and oxygen atoms in total. The summed E-state index contributed by atoms with van der Waals surface area (Å²) in [6.07, 6.45) is -5.75. The summed E-state index contributed by atoms with van der Waals surface area (Å²) in [7, 11) is 0. The molecule has 1 rings (SSSR count). The summed E-state index contributed by atoms with van der Waals surface area (Å²) in [5, 5.41) is 9.34. The maximum absolute atomic E-state index is 12.3. The number of nitrogens with zero attached hydrogens (tertiary/aromatic N) is 1. The second-order valence-corrected chi connectivity index (χ2v) is 4.33. The van der Waals surface area contributed by atoms with Crippen molar-refractivity contribution in [3.63, 3.8) is 0 Å². The molecule has 102 valence electrons. The zero-order valence-corrected chi connectivity index (χ0v) is 10.6. The first-order chi connectivity index (χ1) is 8.21. The van der Waals surface area contributed by atoms with Gasteiger partial charge in [-0.1, -0.05) is 17.7 Å². The lowest BCUT2D eigenvalue weighted by atomic mass is 10.1. The second-order valence-electron chi connectivity index (χ2n) is 3.97. The van der Waals surface area contributed by atoms with Crippen LogP contribution in [0.15, 0.2) is 12.1 Å². The molecule has 1 atom stereocenters. The van der Waals surface area contributed by atoms with Gasteiger partial charge in [-0.05, 0) is 19.9 Å². The highest BCUT2D eigenvalue weighted by atomic mass is 35.5. The molecule has 0 aliphatic rings. The van der Waals surface area contributed by atoms with E-state index in [9.17, 15) is 18.3 Å². The fourth-order valence-electron chi connectivity index (χ4n) is 1.22. The Hall–Kier alpha value is -0.850. The molecule has 0 saturated carbocycles. The van der Waals surface area contributed by atoms with Crippen molar-refractivity contribution in [3.05, 3.63) is 28.5 Å². The quantitative estimate of drug-likeness (QED) is 0.863. The van der Waals surface area contributed by atoms with Crippen molar-refractivity contribution < 1.29 is 23.0 Å². The first-order valence-corrected chi connectivity index (χ1v) is 5.63. The van der Waals surface area contributed by atoms with E-state index in [0.717, 1.165) is 12.1 Å². The molecule has 1 heterocycles. The lowest BCUT2D eigenvalue weighted by Gasteiger charge is -2.15. The highest BCUT2D eigenvalue weighted by Crippen LogP contribution is 2.31. The van der Waals surface area contributed by atoms with E-state index < -0.39 is 18.0 Å². The van der Waals surface area contributed by atoms with Crippen molar-refractivity contribution in [2.45, 2.75) is 32.2 Å².